The zero-order chi connectivity index (χ0) is 15.8. The maximum Gasteiger partial charge on any atom is 0.351 e. The average Bonchev–Trinajstić information content (AvgIpc) is 2.64. The van der Waals surface area contributed by atoms with Crippen LogP contribution >= 0.6 is 6.89 Å². The van der Waals surface area contributed by atoms with Crippen molar-refractivity contribution in [2.24, 2.45) is 5.92 Å². The molecule has 1 aliphatic heterocycles. The summed E-state index contributed by atoms with van der Waals surface area (Å²) in [4.78, 5) is 15.6. The van der Waals surface area contributed by atoms with Crippen molar-refractivity contribution in [3.05, 3.63) is 22.7 Å². The summed E-state index contributed by atoms with van der Waals surface area (Å²) < 4.78 is 7.31. The van der Waals surface area contributed by atoms with Gasteiger partial charge in [-0.25, -0.2) is 4.79 Å². The lowest BCUT2D eigenvalue weighted by Crippen LogP contribution is -2.30. The Labute approximate surface area is 124 Å². The largest absolute Gasteiger partial charge is 0.390 e. The highest BCUT2D eigenvalue weighted by Crippen LogP contribution is 2.40. The summed E-state index contributed by atoms with van der Waals surface area (Å²) in [6.07, 6.45) is 6.08. The smallest absolute Gasteiger partial charge is 0.351 e. The zero-order valence-corrected chi connectivity index (χ0v) is 13.7. The van der Waals surface area contributed by atoms with Gasteiger partial charge in [-0.1, -0.05) is 6.92 Å². The average molecular weight is 313 g/mol. The summed E-state index contributed by atoms with van der Waals surface area (Å²) in [7, 11) is 0. The highest BCUT2D eigenvalue weighted by atomic mass is 31.2. The van der Waals surface area contributed by atoms with Crippen LogP contribution in [0.5, 0.6) is 0 Å². The van der Waals surface area contributed by atoms with Crippen LogP contribution in [0.1, 0.15) is 19.6 Å². The van der Waals surface area contributed by atoms with Crippen LogP contribution in [0.4, 0.5) is 5.82 Å². The Bertz CT molecular complexity index is 610. The van der Waals surface area contributed by atoms with Gasteiger partial charge in [-0.05, 0) is 32.0 Å². The minimum atomic E-state index is -1.16. The van der Waals surface area contributed by atoms with Gasteiger partial charge in [0.2, 0.25) is 0 Å². The first kappa shape index (κ1) is 16.3. The van der Waals surface area contributed by atoms with Gasteiger partial charge in [0.25, 0.3) is 0 Å². The molecule has 0 saturated carbocycles. The number of nitrogen functional groups attached to an aromatic ring is 1. The molecule has 1 fully saturated rings. The molecule has 1 aromatic rings. The first-order valence-electron chi connectivity index (χ1n) is 7.04. The molecule has 4 atom stereocenters. The number of hydrogen-bond acceptors (Lipinski definition) is 5. The van der Waals surface area contributed by atoms with E-state index in [-0.39, 0.29) is 17.8 Å². The number of nitrogens with two attached hydrogens (primary N) is 1. The van der Waals surface area contributed by atoms with Crippen LogP contribution in [0.3, 0.4) is 0 Å². The standard InChI is InChI=1S/C14H24N3O3P/c1-9-12(18)10(6-8-21(2,3)4)20-13(9)17-7-5-11(15)16-14(17)19/h5,7,9-10,12-13,18H,2,6,8H2,1,3-4H3,(H2,15,16,19)/t9-,10-,12+,13?/m1/s1. The van der Waals surface area contributed by atoms with Gasteiger partial charge in [-0.2, -0.15) is 4.98 Å². The molecule has 0 bridgehead atoms. The number of hydrogen-bond donors (Lipinski definition) is 2. The lowest BCUT2D eigenvalue weighted by atomic mass is 10.0. The Morgan fingerprint density at radius 2 is 2.24 bits per heavy atom. The molecule has 1 unspecified atom stereocenters. The number of ether oxygens (including phenoxy) is 1. The Morgan fingerprint density at radius 3 is 2.81 bits per heavy atom. The molecule has 1 aromatic heterocycles. The molecule has 0 spiro atoms. The third kappa shape index (κ3) is 3.76. The molecule has 3 N–H and O–H groups in total. The van der Waals surface area contributed by atoms with E-state index < -0.39 is 24.9 Å². The maximum atomic E-state index is 11.9. The van der Waals surface area contributed by atoms with Crippen molar-refractivity contribution in [2.45, 2.75) is 31.8 Å². The van der Waals surface area contributed by atoms with Crippen LogP contribution < -0.4 is 11.4 Å². The maximum absolute atomic E-state index is 11.9. The Hall–Kier alpha value is -1.10. The highest BCUT2D eigenvalue weighted by Gasteiger charge is 2.41. The van der Waals surface area contributed by atoms with E-state index in [0.29, 0.717) is 0 Å². The van der Waals surface area contributed by atoms with E-state index in [9.17, 15) is 9.90 Å². The third-order valence-corrected chi connectivity index (χ3v) is 5.30. The minimum absolute atomic E-state index is 0.176. The van der Waals surface area contributed by atoms with E-state index in [4.69, 9.17) is 10.5 Å². The topological polar surface area (TPSA) is 90.4 Å². The van der Waals surface area contributed by atoms with Gasteiger partial charge in [-0.15, -0.1) is 13.2 Å². The Kier molecular flexibility index (Phi) is 4.61. The summed E-state index contributed by atoms with van der Waals surface area (Å²) in [5.74, 6) is 0.00647. The molecular formula is C14H24N3O3P. The van der Waals surface area contributed by atoms with E-state index in [1.54, 1.807) is 12.3 Å². The van der Waals surface area contributed by atoms with Gasteiger partial charge in [0.15, 0.2) is 0 Å². The van der Waals surface area contributed by atoms with Crippen molar-refractivity contribution < 1.29 is 9.84 Å². The van der Waals surface area contributed by atoms with Gasteiger partial charge < -0.3 is 15.6 Å². The SMILES string of the molecule is C=P(C)(C)CC[C@H]1OC(n2ccc(N)nc2=O)[C@H](C)[C@@H]1O. The van der Waals surface area contributed by atoms with E-state index in [1.165, 1.54) is 4.57 Å². The summed E-state index contributed by atoms with van der Waals surface area (Å²) in [6.45, 7) is 5.03. The van der Waals surface area contributed by atoms with Gasteiger partial charge >= 0.3 is 5.69 Å². The molecule has 0 amide bonds. The van der Waals surface area contributed by atoms with E-state index in [2.05, 4.69) is 24.6 Å². The molecular weight excluding hydrogens is 289 g/mol. The fraction of sp³-hybridized carbons (Fsp3) is 0.643. The monoisotopic (exact) mass is 313 g/mol. The molecule has 118 valence electrons. The number of nitrogens with zero attached hydrogens (tertiary/aromatic N) is 2. The first-order chi connectivity index (χ1) is 9.69. The van der Waals surface area contributed by atoms with Crippen LogP contribution in [0.25, 0.3) is 0 Å². The van der Waals surface area contributed by atoms with Crippen molar-refractivity contribution >= 4 is 19.0 Å². The van der Waals surface area contributed by atoms with Gasteiger partial charge in [-0.3, -0.25) is 4.57 Å². The molecule has 1 saturated heterocycles. The molecule has 7 heteroatoms. The second-order valence-corrected chi connectivity index (χ2v) is 10.7. The lowest BCUT2D eigenvalue weighted by molar-refractivity contribution is -0.0244. The van der Waals surface area contributed by atoms with E-state index in [0.717, 1.165) is 12.6 Å². The molecule has 2 rings (SSSR count). The van der Waals surface area contributed by atoms with Crippen molar-refractivity contribution in [1.82, 2.24) is 9.55 Å². The quantitative estimate of drug-likeness (QED) is 0.803. The summed E-state index contributed by atoms with van der Waals surface area (Å²) in [6, 6.07) is 1.56. The fourth-order valence-electron chi connectivity index (χ4n) is 2.54. The second kappa shape index (κ2) is 5.95. The molecule has 0 aliphatic carbocycles. The number of aliphatic hydroxyl groups excluding tert-OH is 1. The zero-order valence-electron chi connectivity index (χ0n) is 12.8. The Balaban J connectivity index is 2.16. The van der Waals surface area contributed by atoms with Gasteiger partial charge in [0, 0.05) is 12.1 Å². The predicted molar refractivity (Wildman–Crippen MR) is 87.4 cm³/mol. The molecule has 0 aromatic carbocycles. The second-order valence-electron chi connectivity index (χ2n) is 6.41. The first-order valence-corrected chi connectivity index (χ1v) is 10.1. The Morgan fingerprint density at radius 1 is 1.57 bits per heavy atom. The van der Waals surface area contributed by atoms with Crippen molar-refractivity contribution in [3.8, 4) is 0 Å². The molecule has 1 aliphatic rings. The van der Waals surface area contributed by atoms with Crippen molar-refractivity contribution in [2.75, 3.05) is 25.2 Å². The highest BCUT2D eigenvalue weighted by molar-refractivity contribution is 7.72. The van der Waals surface area contributed by atoms with Crippen LogP contribution in [0, 0.1) is 5.92 Å². The minimum Gasteiger partial charge on any atom is -0.390 e. The van der Waals surface area contributed by atoms with Crippen LogP contribution in [-0.2, 0) is 4.74 Å². The normalized spacial score (nSPS) is 29.7. The number of anilines is 1. The molecule has 0 radical (unpaired) electrons. The molecule has 2 heterocycles. The summed E-state index contributed by atoms with van der Waals surface area (Å²) in [5.41, 5.74) is 5.04. The lowest BCUT2D eigenvalue weighted by Gasteiger charge is -2.19. The van der Waals surface area contributed by atoms with Gasteiger partial charge in [0.05, 0.1) is 12.2 Å². The van der Waals surface area contributed by atoms with Crippen molar-refractivity contribution in [1.29, 1.82) is 0 Å². The van der Waals surface area contributed by atoms with Crippen molar-refractivity contribution in [3.63, 3.8) is 0 Å². The van der Waals surface area contributed by atoms with E-state index in [1.807, 2.05) is 6.92 Å². The fourth-order valence-corrected chi connectivity index (χ4v) is 3.50. The molecule has 6 nitrogen and oxygen atoms in total. The number of aliphatic hydroxyl groups is 1. The predicted octanol–water partition coefficient (Wildman–Crippen LogP) is 0.819. The molecule has 21 heavy (non-hydrogen) atoms. The summed E-state index contributed by atoms with van der Waals surface area (Å²) >= 11 is 0. The van der Waals surface area contributed by atoms with Gasteiger partial charge in [0.1, 0.15) is 12.0 Å². The summed E-state index contributed by atoms with van der Waals surface area (Å²) in [5, 5.41) is 10.3. The third-order valence-electron chi connectivity index (χ3n) is 3.83. The number of aromatic nitrogens is 2. The van der Waals surface area contributed by atoms with Crippen LogP contribution in [-0.4, -0.2) is 52.7 Å². The number of rotatable bonds is 4. The van der Waals surface area contributed by atoms with Crippen LogP contribution in [0.15, 0.2) is 17.1 Å². The van der Waals surface area contributed by atoms with Crippen LogP contribution in [0.2, 0.25) is 0 Å². The van der Waals surface area contributed by atoms with E-state index >= 15 is 0 Å².